The molecule has 25 heavy (non-hydrogen) atoms. The Labute approximate surface area is 148 Å². The molecular weight excluding hydrogens is 316 g/mol. The van der Waals surface area contributed by atoms with Crippen molar-refractivity contribution in [3.05, 3.63) is 65.7 Å². The summed E-state index contributed by atoms with van der Waals surface area (Å²) in [4.78, 5) is 12.0. The van der Waals surface area contributed by atoms with Crippen molar-refractivity contribution >= 4 is 6.03 Å². The van der Waals surface area contributed by atoms with Crippen molar-refractivity contribution in [1.82, 2.24) is 10.6 Å². The molecule has 0 radical (unpaired) electrons. The molecule has 1 aliphatic rings. The highest BCUT2D eigenvalue weighted by Crippen LogP contribution is 2.31. The molecule has 0 bridgehead atoms. The van der Waals surface area contributed by atoms with Gasteiger partial charge in [0.15, 0.2) is 0 Å². The summed E-state index contributed by atoms with van der Waals surface area (Å²) >= 11 is 0. The van der Waals surface area contributed by atoms with E-state index in [9.17, 15) is 4.79 Å². The summed E-state index contributed by atoms with van der Waals surface area (Å²) in [6.07, 6.45) is 1.63. The predicted molar refractivity (Wildman–Crippen MR) is 96.9 cm³/mol. The van der Waals surface area contributed by atoms with E-state index in [1.165, 1.54) is 11.1 Å². The van der Waals surface area contributed by atoms with E-state index in [4.69, 9.17) is 9.47 Å². The van der Waals surface area contributed by atoms with Gasteiger partial charge in [-0.15, -0.1) is 0 Å². The number of hydrogen-bond acceptors (Lipinski definition) is 3. The molecule has 0 saturated heterocycles. The third-order valence-electron chi connectivity index (χ3n) is 4.55. The summed E-state index contributed by atoms with van der Waals surface area (Å²) in [7, 11) is 1.71. The fourth-order valence-electron chi connectivity index (χ4n) is 3.15. The topological polar surface area (TPSA) is 59.6 Å². The molecule has 2 aromatic carbocycles. The van der Waals surface area contributed by atoms with E-state index in [-0.39, 0.29) is 11.6 Å². The number of amides is 2. The van der Waals surface area contributed by atoms with Gasteiger partial charge < -0.3 is 20.1 Å². The minimum absolute atomic E-state index is 0.205. The van der Waals surface area contributed by atoms with E-state index < -0.39 is 0 Å². The van der Waals surface area contributed by atoms with Crippen LogP contribution in [0.3, 0.4) is 0 Å². The number of carbonyl (C=O) groups is 1. The van der Waals surface area contributed by atoms with Crippen LogP contribution in [0.5, 0.6) is 5.75 Å². The van der Waals surface area contributed by atoms with Gasteiger partial charge in [0.1, 0.15) is 12.4 Å². The fourth-order valence-corrected chi connectivity index (χ4v) is 3.15. The quantitative estimate of drug-likeness (QED) is 0.762. The minimum atomic E-state index is -0.360. The Morgan fingerprint density at radius 1 is 1.00 bits per heavy atom. The lowest BCUT2D eigenvalue weighted by Crippen LogP contribution is -2.48. The Hall–Kier alpha value is -2.53. The maximum Gasteiger partial charge on any atom is 0.315 e. The van der Waals surface area contributed by atoms with Crippen LogP contribution in [0.25, 0.3) is 0 Å². The SMILES string of the molecule is COC1(CNC(=O)NCCOc2ccccc2)Cc2ccccc2C1. The molecule has 132 valence electrons. The van der Waals surface area contributed by atoms with E-state index >= 15 is 0 Å². The zero-order valence-electron chi connectivity index (χ0n) is 14.5. The molecular formula is C20H24N2O3. The normalized spacial score (nSPS) is 14.6. The highest BCUT2D eigenvalue weighted by Gasteiger charge is 2.37. The number of hydrogen-bond donors (Lipinski definition) is 2. The smallest absolute Gasteiger partial charge is 0.315 e. The van der Waals surface area contributed by atoms with Gasteiger partial charge in [-0.05, 0) is 23.3 Å². The number of methoxy groups -OCH3 is 1. The third-order valence-corrected chi connectivity index (χ3v) is 4.55. The Kier molecular flexibility index (Phi) is 5.56. The highest BCUT2D eigenvalue weighted by atomic mass is 16.5. The average Bonchev–Trinajstić information content (AvgIpc) is 3.04. The Morgan fingerprint density at radius 3 is 2.28 bits per heavy atom. The number of fused-ring (bicyclic) bond motifs is 1. The Balaban J connectivity index is 1.40. The molecule has 0 fully saturated rings. The van der Waals surface area contributed by atoms with E-state index in [0.29, 0.717) is 19.7 Å². The first-order chi connectivity index (χ1) is 12.2. The molecule has 3 rings (SSSR count). The maximum atomic E-state index is 12.0. The summed E-state index contributed by atoms with van der Waals surface area (Å²) in [6.45, 7) is 1.35. The molecule has 0 saturated carbocycles. The highest BCUT2D eigenvalue weighted by molar-refractivity contribution is 5.73. The second-order valence-corrected chi connectivity index (χ2v) is 6.28. The summed E-state index contributed by atoms with van der Waals surface area (Å²) in [5.41, 5.74) is 2.23. The molecule has 5 heteroatoms. The molecule has 0 unspecified atom stereocenters. The van der Waals surface area contributed by atoms with Crippen LogP contribution in [0, 0.1) is 0 Å². The monoisotopic (exact) mass is 340 g/mol. The van der Waals surface area contributed by atoms with Crippen LogP contribution in [0.4, 0.5) is 4.79 Å². The number of rotatable bonds is 7. The third kappa shape index (κ3) is 4.51. The van der Waals surface area contributed by atoms with Crippen LogP contribution >= 0.6 is 0 Å². The molecule has 0 aromatic heterocycles. The molecule has 2 aromatic rings. The molecule has 0 spiro atoms. The molecule has 2 amide bonds. The van der Waals surface area contributed by atoms with Gasteiger partial charge in [-0.2, -0.15) is 0 Å². The van der Waals surface area contributed by atoms with Gasteiger partial charge in [-0.25, -0.2) is 4.79 Å². The van der Waals surface area contributed by atoms with Crippen LogP contribution < -0.4 is 15.4 Å². The number of para-hydroxylation sites is 1. The van der Waals surface area contributed by atoms with Crippen molar-refractivity contribution in [2.75, 3.05) is 26.8 Å². The van der Waals surface area contributed by atoms with Gasteiger partial charge in [0.05, 0.1) is 12.1 Å². The second kappa shape index (κ2) is 8.03. The number of ether oxygens (including phenoxy) is 2. The predicted octanol–water partition coefficient (Wildman–Crippen LogP) is 2.55. The minimum Gasteiger partial charge on any atom is -0.492 e. The van der Waals surface area contributed by atoms with Crippen LogP contribution in [0.15, 0.2) is 54.6 Å². The first-order valence-corrected chi connectivity index (χ1v) is 8.52. The number of carbonyl (C=O) groups excluding carboxylic acids is 1. The van der Waals surface area contributed by atoms with Crippen molar-refractivity contribution in [1.29, 1.82) is 0 Å². The largest absolute Gasteiger partial charge is 0.492 e. The summed E-state index contributed by atoms with van der Waals surface area (Å²) in [6, 6.07) is 17.7. The van der Waals surface area contributed by atoms with Crippen molar-refractivity contribution in [2.24, 2.45) is 0 Å². The number of urea groups is 1. The van der Waals surface area contributed by atoms with Gasteiger partial charge in [0.2, 0.25) is 0 Å². The first kappa shape index (κ1) is 17.3. The standard InChI is InChI=1S/C20H24N2O3/c1-24-20(13-16-7-5-6-8-17(16)14-20)15-22-19(23)21-11-12-25-18-9-3-2-4-10-18/h2-10H,11-15H2,1H3,(H2,21,22,23). The van der Waals surface area contributed by atoms with Crippen molar-refractivity contribution in [2.45, 2.75) is 18.4 Å². The summed E-state index contributed by atoms with van der Waals surface area (Å²) in [5.74, 6) is 0.798. The van der Waals surface area contributed by atoms with Crippen LogP contribution in [-0.2, 0) is 17.6 Å². The van der Waals surface area contributed by atoms with Crippen LogP contribution in [-0.4, -0.2) is 38.4 Å². The second-order valence-electron chi connectivity index (χ2n) is 6.28. The van der Waals surface area contributed by atoms with E-state index in [1.54, 1.807) is 7.11 Å². The lowest BCUT2D eigenvalue weighted by molar-refractivity contribution is 0.00176. The van der Waals surface area contributed by atoms with E-state index in [1.807, 2.05) is 42.5 Å². The molecule has 1 aliphatic carbocycles. The molecule has 0 atom stereocenters. The Morgan fingerprint density at radius 2 is 1.64 bits per heavy atom. The van der Waals surface area contributed by atoms with Crippen molar-refractivity contribution in [3.8, 4) is 5.75 Å². The molecule has 0 heterocycles. The number of nitrogens with one attached hydrogen (secondary N) is 2. The fraction of sp³-hybridized carbons (Fsp3) is 0.350. The van der Waals surface area contributed by atoms with Crippen LogP contribution in [0.2, 0.25) is 0 Å². The molecule has 2 N–H and O–H groups in total. The zero-order valence-corrected chi connectivity index (χ0v) is 14.5. The maximum absolute atomic E-state index is 12.0. The lowest BCUT2D eigenvalue weighted by atomic mass is 10.0. The average molecular weight is 340 g/mol. The van der Waals surface area contributed by atoms with Gasteiger partial charge in [-0.3, -0.25) is 0 Å². The van der Waals surface area contributed by atoms with Gasteiger partial charge in [0, 0.05) is 26.5 Å². The van der Waals surface area contributed by atoms with Crippen molar-refractivity contribution in [3.63, 3.8) is 0 Å². The van der Waals surface area contributed by atoms with E-state index in [0.717, 1.165) is 18.6 Å². The van der Waals surface area contributed by atoms with Gasteiger partial charge in [0.25, 0.3) is 0 Å². The van der Waals surface area contributed by atoms with Gasteiger partial charge in [-0.1, -0.05) is 42.5 Å². The van der Waals surface area contributed by atoms with Crippen LogP contribution in [0.1, 0.15) is 11.1 Å². The molecule has 0 aliphatic heterocycles. The summed E-state index contributed by atoms with van der Waals surface area (Å²) < 4.78 is 11.3. The first-order valence-electron chi connectivity index (χ1n) is 8.52. The zero-order chi connectivity index (χ0) is 17.5. The van der Waals surface area contributed by atoms with E-state index in [2.05, 4.69) is 22.8 Å². The summed E-state index contributed by atoms with van der Waals surface area (Å²) in [5, 5.41) is 5.73. The van der Waals surface area contributed by atoms with Crippen molar-refractivity contribution < 1.29 is 14.3 Å². The number of benzene rings is 2. The lowest BCUT2D eigenvalue weighted by Gasteiger charge is -2.27. The molecule has 5 nitrogen and oxygen atoms in total. The van der Waals surface area contributed by atoms with Gasteiger partial charge >= 0.3 is 6.03 Å². The Bertz CT molecular complexity index is 678.